The van der Waals surface area contributed by atoms with Crippen LogP contribution in [0.15, 0.2) is 22.0 Å². The number of hydrogen-bond acceptors (Lipinski definition) is 2. The van der Waals surface area contributed by atoms with Crippen molar-refractivity contribution in [3.05, 3.63) is 33.4 Å². The average molecular weight is 270 g/mol. The lowest BCUT2D eigenvalue weighted by Crippen LogP contribution is -1.82. The second kappa shape index (κ2) is 3.68. The Morgan fingerprint density at radius 3 is 3.00 bits per heavy atom. The third kappa shape index (κ3) is 1.54. The molecule has 1 aromatic carbocycles. The predicted molar refractivity (Wildman–Crippen MR) is 58.8 cm³/mol. The maximum Gasteiger partial charge on any atom is 0.141 e. The molecule has 0 spiro atoms. The van der Waals surface area contributed by atoms with E-state index in [4.69, 9.17) is 5.26 Å². The Morgan fingerprint density at radius 2 is 2.29 bits per heavy atom. The van der Waals surface area contributed by atoms with Gasteiger partial charge in [0.25, 0.3) is 0 Å². The fourth-order valence-electron chi connectivity index (χ4n) is 1.36. The Morgan fingerprint density at radius 1 is 1.50 bits per heavy atom. The summed E-state index contributed by atoms with van der Waals surface area (Å²) < 4.78 is 14.9. The fourth-order valence-corrected chi connectivity index (χ4v) is 2.78. The largest absolute Gasteiger partial charge is 0.205 e. The molecule has 0 saturated carbocycles. The quantitative estimate of drug-likeness (QED) is 0.771. The van der Waals surface area contributed by atoms with E-state index in [1.54, 1.807) is 6.07 Å². The second-order valence-corrected chi connectivity index (χ2v) is 4.66. The molecule has 2 rings (SSSR count). The van der Waals surface area contributed by atoms with Crippen molar-refractivity contribution in [2.75, 3.05) is 0 Å². The molecule has 14 heavy (non-hydrogen) atoms. The van der Waals surface area contributed by atoms with E-state index in [1.165, 1.54) is 16.7 Å². The molecular formula is C10H5BrFNS. The van der Waals surface area contributed by atoms with Crippen molar-refractivity contribution in [1.29, 1.82) is 5.26 Å². The normalized spacial score (nSPS) is 10.4. The third-order valence-electron chi connectivity index (χ3n) is 1.94. The van der Waals surface area contributed by atoms with Gasteiger partial charge in [0.1, 0.15) is 5.82 Å². The molecule has 0 saturated heterocycles. The van der Waals surface area contributed by atoms with Crippen molar-refractivity contribution < 1.29 is 4.39 Å². The van der Waals surface area contributed by atoms with Gasteiger partial charge in [-0.2, -0.15) is 5.26 Å². The third-order valence-corrected chi connectivity index (χ3v) is 3.44. The number of fused-ring (bicyclic) bond motifs is 1. The minimum atomic E-state index is -0.217. The van der Waals surface area contributed by atoms with E-state index < -0.39 is 0 Å². The van der Waals surface area contributed by atoms with Gasteiger partial charge in [-0.3, -0.25) is 0 Å². The molecule has 0 aliphatic rings. The maximum absolute atomic E-state index is 13.3. The van der Waals surface area contributed by atoms with E-state index in [0.29, 0.717) is 11.8 Å². The van der Waals surface area contributed by atoms with Crippen molar-refractivity contribution in [2.24, 2.45) is 0 Å². The van der Waals surface area contributed by atoms with Crippen LogP contribution in [0.5, 0.6) is 0 Å². The van der Waals surface area contributed by atoms with Gasteiger partial charge in [0.05, 0.1) is 12.5 Å². The molecule has 0 aliphatic heterocycles. The van der Waals surface area contributed by atoms with E-state index in [1.807, 2.05) is 6.07 Å². The highest BCUT2D eigenvalue weighted by Crippen LogP contribution is 2.31. The van der Waals surface area contributed by atoms with Gasteiger partial charge >= 0.3 is 0 Å². The van der Waals surface area contributed by atoms with Crippen LogP contribution in [0.3, 0.4) is 0 Å². The van der Waals surface area contributed by atoms with Crippen LogP contribution in [0.4, 0.5) is 4.39 Å². The first kappa shape index (κ1) is 9.63. The van der Waals surface area contributed by atoms with Gasteiger partial charge in [-0.05, 0) is 17.7 Å². The van der Waals surface area contributed by atoms with Gasteiger partial charge in [0.15, 0.2) is 0 Å². The molecule has 0 radical (unpaired) electrons. The van der Waals surface area contributed by atoms with Crippen molar-refractivity contribution in [3.63, 3.8) is 0 Å². The summed E-state index contributed by atoms with van der Waals surface area (Å²) in [5.74, 6) is -0.217. The Labute approximate surface area is 92.9 Å². The Bertz CT molecular complexity index is 527. The van der Waals surface area contributed by atoms with Crippen molar-refractivity contribution in [3.8, 4) is 6.07 Å². The van der Waals surface area contributed by atoms with Crippen molar-refractivity contribution in [2.45, 2.75) is 6.42 Å². The van der Waals surface area contributed by atoms with E-state index in [-0.39, 0.29) is 5.82 Å². The molecule has 70 valence electrons. The summed E-state index contributed by atoms with van der Waals surface area (Å²) in [4.78, 5) is 0. The lowest BCUT2D eigenvalue weighted by Gasteiger charge is -1.99. The Kier molecular flexibility index (Phi) is 2.53. The van der Waals surface area contributed by atoms with Gasteiger partial charge in [-0.1, -0.05) is 15.9 Å². The van der Waals surface area contributed by atoms with Gasteiger partial charge in [-0.25, -0.2) is 4.39 Å². The van der Waals surface area contributed by atoms with E-state index in [9.17, 15) is 4.39 Å². The lowest BCUT2D eigenvalue weighted by atomic mass is 10.1. The molecule has 0 unspecified atom stereocenters. The minimum absolute atomic E-state index is 0.217. The highest BCUT2D eigenvalue weighted by atomic mass is 79.9. The van der Waals surface area contributed by atoms with Crippen LogP contribution >= 0.6 is 27.3 Å². The summed E-state index contributed by atoms with van der Waals surface area (Å²) >= 11 is 4.64. The van der Waals surface area contributed by atoms with E-state index in [0.717, 1.165) is 14.7 Å². The zero-order valence-electron chi connectivity index (χ0n) is 7.05. The molecule has 0 bridgehead atoms. The smallest absolute Gasteiger partial charge is 0.141 e. The molecule has 0 amide bonds. The summed E-state index contributed by atoms with van der Waals surface area (Å²) in [7, 11) is 0. The van der Waals surface area contributed by atoms with Gasteiger partial charge < -0.3 is 0 Å². The monoisotopic (exact) mass is 269 g/mol. The lowest BCUT2D eigenvalue weighted by molar-refractivity contribution is 0.644. The van der Waals surface area contributed by atoms with Crippen LogP contribution < -0.4 is 0 Å². The maximum atomic E-state index is 13.3. The molecule has 0 atom stereocenters. The van der Waals surface area contributed by atoms with Gasteiger partial charge in [0, 0.05) is 19.9 Å². The van der Waals surface area contributed by atoms with Gasteiger partial charge in [-0.15, -0.1) is 11.3 Å². The summed E-state index contributed by atoms with van der Waals surface area (Å²) in [6.45, 7) is 0. The molecule has 1 nitrogen and oxygen atoms in total. The SMILES string of the molecule is N#CCc1cc(Br)cc2c(F)csc12. The molecule has 0 fully saturated rings. The molecule has 0 aliphatic carbocycles. The van der Waals surface area contributed by atoms with Gasteiger partial charge in [0.2, 0.25) is 0 Å². The minimum Gasteiger partial charge on any atom is -0.205 e. The van der Waals surface area contributed by atoms with E-state index in [2.05, 4.69) is 22.0 Å². The second-order valence-electron chi connectivity index (χ2n) is 2.86. The number of nitriles is 1. The average Bonchev–Trinajstić information content (AvgIpc) is 2.49. The Balaban J connectivity index is 2.76. The van der Waals surface area contributed by atoms with Crippen LogP contribution in [0.2, 0.25) is 0 Å². The van der Waals surface area contributed by atoms with Crippen LogP contribution in [-0.2, 0) is 6.42 Å². The topological polar surface area (TPSA) is 23.8 Å². The van der Waals surface area contributed by atoms with Crippen molar-refractivity contribution >= 4 is 37.4 Å². The number of benzene rings is 1. The molecule has 1 heterocycles. The first-order valence-electron chi connectivity index (χ1n) is 3.94. The highest BCUT2D eigenvalue weighted by Gasteiger charge is 2.08. The van der Waals surface area contributed by atoms with Crippen LogP contribution in [-0.4, -0.2) is 0 Å². The number of thiophene rings is 1. The molecular weight excluding hydrogens is 265 g/mol. The van der Waals surface area contributed by atoms with E-state index >= 15 is 0 Å². The zero-order chi connectivity index (χ0) is 10.1. The molecule has 4 heteroatoms. The highest BCUT2D eigenvalue weighted by molar-refractivity contribution is 9.10. The summed E-state index contributed by atoms with van der Waals surface area (Å²) in [6.07, 6.45) is 0.315. The van der Waals surface area contributed by atoms with Crippen LogP contribution in [0, 0.1) is 17.1 Å². The van der Waals surface area contributed by atoms with Crippen molar-refractivity contribution in [1.82, 2.24) is 0 Å². The first-order chi connectivity index (χ1) is 6.72. The molecule has 0 N–H and O–H groups in total. The van der Waals surface area contributed by atoms with Crippen LogP contribution in [0.25, 0.3) is 10.1 Å². The molecule has 1 aromatic heterocycles. The summed E-state index contributed by atoms with van der Waals surface area (Å²) in [5, 5.41) is 10.7. The standard InChI is InChI=1S/C10H5BrFNS/c11-7-3-6(1-2-13)10-8(4-7)9(12)5-14-10/h3-5H,1H2. The predicted octanol–water partition coefficient (Wildman–Crippen LogP) is 3.87. The first-order valence-corrected chi connectivity index (χ1v) is 5.61. The number of hydrogen-bond donors (Lipinski definition) is 0. The molecule has 2 aromatic rings. The fraction of sp³-hybridized carbons (Fsp3) is 0.100. The summed E-state index contributed by atoms with van der Waals surface area (Å²) in [5.41, 5.74) is 0.880. The number of halogens is 2. The number of rotatable bonds is 1. The Hall–Kier alpha value is -0.920. The van der Waals surface area contributed by atoms with Crippen LogP contribution in [0.1, 0.15) is 5.56 Å². The number of nitrogens with zero attached hydrogens (tertiary/aromatic N) is 1. The zero-order valence-corrected chi connectivity index (χ0v) is 9.45. The summed E-state index contributed by atoms with van der Waals surface area (Å²) in [6, 6.07) is 5.68.